The predicted octanol–water partition coefficient (Wildman–Crippen LogP) is 1.82. The lowest BCUT2D eigenvalue weighted by Gasteiger charge is -2.30. The Morgan fingerprint density at radius 1 is 1.55 bits per heavy atom. The molecule has 0 radical (unpaired) electrons. The fourth-order valence-corrected chi connectivity index (χ4v) is 3.35. The van der Waals surface area contributed by atoms with Crippen LogP contribution in [0.1, 0.15) is 31.6 Å². The highest BCUT2D eigenvalue weighted by atomic mass is 32.1. The van der Waals surface area contributed by atoms with Crippen molar-refractivity contribution < 1.29 is 9.28 Å². The molecule has 1 amide bonds. The molecule has 6 heteroatoms. The molecular weight excluding hydrogens is 272 g/mol. The Labute approximate surface area is 125 Å². The Morgan fingerprint density at radius 2 is 2.30 bits per heavy atom. The van der Waals surface area contributed by atoms with Crippen LogP contribution in [-0.2, 0) is 11.3 Å². The zero-order valence-corrected chi connectivity index (χ0v) is 13.6. The van der Waals surface area contributed by atoms with E-state index in [0.717, 1.165) is 35.3 Å². The van der Waals surface area contributed by atoms with Gasteiger partial charge in [0, 0.05) is 36.5 Å². The van der Waals surface area contributed by atoms with E-state index in [2.05, 4.69) is 43.6 Å². The first-order valence-electron chi connectivity index (χ1n) is 7.20. The third kappa shape index (κ3) is 3.77. The number of nitrogens with one attached hydrogen (secondary N) is 2. The van der Waals surface area contributed by atoms with Gasteiger partial charge in [-0.2, -0.15) is 0 Å². The van der Waals surface area contributed by atoms with Crippen LogP contribution < -0.4 is 10.6 Å². The van der Waals surface area contributed by atoms with Gasteiger partial charge in [0.25, 0.3) is 5.91 Å². The molecule has 0 aromatic carbocycles. The fourth-order valence-electron chi connectivity index (χ4n) is 2.59. The van der Waals surface area contributed by atoms with E-state index in [1.807, 2.05) is 6.20 Å². The molecule has 0 bridgehead atoms. The lowest BCUT2D eigenvalue weighted by atomic mass is 10.2. The predicted molar refractivity (Wildman–Crippen MR) is 82.7 cm³/mol. The summed E-state index contributed by atoms with van der Waals surface area (Å²) in [5.41, 5.74) is 0. The first-order valence-corrected chi connectivity index (χ1v) is 8.02. The average Bonchev–Trinajstić information content (AvgIpc) is 2.92. The van der Waals surface area contributed by atoms with Crippen LogP contribution in [-0.4, -0.2) is 48.1 Å². The summed E-state index contributed by atoms with van der Waals surface area (Å²) in [5, 5.41) is 7.03. The summed E-state index contributed by atoms with van der Waals surface area (Å²) in [6.45, 7) is 6.10. The van der Waals surface area contributed by atoms with Gasteiger partial charge >= 0.3 is 0 Å². The molecule has 2 rings (SSSR count). The van der Waals surface area contributed by atoms with Crippen molar-refractivity contribution in [2.75, 3.05) is 26.0 Å². The molecule has 1 aromatic rings. The Hall–Kier alpha value is -0.980. The minimum atomic E-state index is 0.0520. The monoisotopic (exact) mass is 297 g/mol. The van der Waals surface area contributed by atoms with Crippen molar-refractivity contribution in [1.82, 2.24) is 10.3 Å². The molecule has 1 fully saturated rings. The molecule has 112 valence electrons. The van der Waals surface area contributed by atoms with E-state index in [9.17, 15) is 4.79 Å². The van der Waals surface area contributed by atoms with Crippen LogP contribution >= 0.6 is 11.3 Å². The third-order valence-electron chi connectivity index (χ3n) is 3.83. The molecule has 1 aromatic heterocycles. The number of likely N-dealkylation sites (N-methyl/N-ethyl adjacent to an activating group) is 1. The van der Waals surface area contributed by atoms with Gasteiger partial charge in [0.15, 0.2) is 11.2 Å². The van der Waals surface area contributed by atoms with Gasteiger partial charge in [-0.1, -0.05) is 13.8 Å². The number of hydrogen-bond acceptors (Lipinski definition) is 4. The molecule has 1 saturated heterocycles. The minimum Gasteiger partial charge on any atom is -0.318 e. The minimum absolute atomic E-state index is 0.0520. The maximum Gasteiger partial charge on any atom is 0.284 e. The van der Waals surface area contributed by atoms with E-state index in [0.29, 0.717) is 11.2 Å². The maximum atomic E-state index is 12.3. The highest BCUT2D eigenvalue weighted by Crippen LogP contribution is 2.25. The number of carbonyl (C=O) groups excluding carboxylic acids is 1. The van der Waals surface area contributed by atoms with Crippen LogP contribution in [0, 0.1) is 0 Å². The van der Waals surface area contributed by atoms with Gasteiger partial charge in [-0.3, -0.25) is 10.1 Å². The number of carbonyl (C=O) groups is 1. The van der Waals surface area contributed by atoms with Gasteiger partial charge in [-0.15, -0.1) is 11.3 Å². The lowest BCUT2D eigenvalue weighted by Crippen LogP contribution is -2.50. The zero-order valence-electron chi connectivity index (χ0n) is 12.8. The number of aromatic nitrogens is 1. The van der Waals surface area contributed by atoms with Crippen molar-refractivity contribution in [3.63, 3.8) is 0 Å². The molecule has 20 heavy (non-hydrogen) atoms. The van der Waals surface area contributed by atoms with Crippen molar-refractivity contribution in [3.8, 4) is 0 Å². The molecule has 2 N–H and O–H groups in total. The van der Waals surface area contributed by atoms with E-state index in [1.165, 1.54) is 0 Å². The average molecular weight is 297 g/mol. The Balaban J connectivity index is 1.91. The van der Waals surface area contributed by atoms with Crippen LogP contribution in [0.2, 0.25) is 0 Å². The zero-order chi connectivity index (χ0) is 14.8. The first kappa shape index (κ1) is 15.4. The van der Waals surface area contributed by atoms with Gasteiger partial charge in [-0.05, 0) is 0 Å². The van der Waals surface area contributed by atoms with E-state index in [1.54, 1.807) is 11.3 Å². The number of nitrogens with zero attached hydrogens (tertiary/aromatic N) is 2. The Bertz CT molecular complexity index is 469. The topological polar surface area (TPSA) is 54.0 Å². The van der Waals surface area contributed by atoms with Crippen molar-refractivity contribution >= 4 is 22.4 Å². The summed E-state index contributed by atoms with van der Waals surface area (Å²) in [7, 11) is 4.24. The summed E-state index contributed by atoms with van der Waals surface area (Å²) in [5.74, 6) is 0.102. The van der Waals surface area contributed by atoms with E-state index < -0.39 is 0 Å². The number of hydrogen-bond donors (Lipinski definition) is 2. The Morgan fingerprint density at radius 3 is 2.90 bits per heavy atom. The molecule has 1 unspecified atom stereocenters. The molecule has 1 aliphatic heterocycles. The number of quaternary nitrogens is 1. The summed E-state index contributed by atoms with van der Waals surface area (Å²) in [4.78, 5) is 17.8. The van der Waals surface area contributed by atoms with Gasteiger partial charge in [0.05, 0.1) is 20.6 Å². The SMILES string of the molecule is CC(C)NCc1cnc(NC(=O)C2CCC[N+]2(C)C)s1. The quantitative estimate of drug-likeness (QED) is 0.815. The van der Waals surface area contributed by atoms with Gasteiger partial charge in [-0.25, -0.2) is 4.98 Å². The fraction of sp³-hybridized carbons (Fsp3) is 0.714. The van der Waals surface area contributed by atoms with Gasteiger partial charge < -0.3 is 9.80 Å². The van der Waals surface area contributed by atoms with Crippen molar-refractivity contribution in [2.45, 2.75) is 45.3 Å². The van der Waals surface area contributed by atoms with Crippen molar-refractivity contribution in [3.05, 3.63) is 11.1 Å². The molecule has 2 heterocycles. The van der Waals surface area contributed by atoms with Crippen LogP contribution in [0.3, 0.4) is 0 Å². The molecule has 1 aliphatic rings. The van der Waals surface area contributed by atoms with Gasteiger partial charge in [0.1, 0.15) is 0 Å². The summed E-state index contributed by atoms with van der Waals surface area (Å²) < 4.78 is 0.777. The normalized spacial score (nSPS) is 21.4. The largest absolute Gasteiger partial charge is 0.318 e. The summed E-state index contributed by atoms with van der Waals surface area (Å²) in [6, 6.07) is 0.503. The second kappa shape index (κ2) is 6.20. The maximum absolute atomic E-state index is 12.3. The van der Waals surface area contributed by atoms with Crippen molar-refractivity contribution in [1.29, 1.82) is 0 Å². The van der Waals surface area contributed by atoms with Crippen LogP contribution in [0.25, 0.3) is 0 Å². The highest BCUT2D eigenvalue weighted by Gasteiger charge is 2.39. The van der Waals surface area contributed by atoms with E-state index >= 15 is 0 Å². The smallest absolute Gasteiger partial charge is 0.284 e. The van der Waals surface area contributed by atoms with Crippen LogP contribution in [0.4, 0.5) is 5.13 Å². The molecular formula is C14H25N4OS+. The van der Waals surface area contributed by atoms with Gasteiger partial charge in [0.2, 0.25) is 0 Å². The van der Waals surface area contributed by atoms with Crippen LogP contribution in [0.5, 0.6) is 0 Å². The second-order valence-corrected chi connectivity index (χ2v) is 7.43. The summed E-state index contributed by atoms with van der Waals surface area (Å²) in [6.07, 6.45) is 3.92. The summed E-state index contributed by atoms with van der Waals surface area (Å²) >= 11 is 1.55. The number of amides is 1. The standard InChI is InChI=1S/C14H24N4OS/c1-10(2)15-8-11-9-16-14(20-11)17-13(19)12-6-5-7-18(12,3)4/h9-10,12,15H,5-8H2,1-4H3/p+1. The van der Waals surface area contributed by atoms with Crippen LogP contribution in [0.15, 0.2) is 6.20 Å². The van der Waals surface area contributed by atoms with Crippen molar-refractivity contribution in [2.24, 2.45) is 0 Å². The molecule has 0 aliphatic carbocycles. The van der Waals surface area contributed by atoms with E-state index in [4.69, 9.17) is 0 Å². The van der Waals surface area contributed by atoms with E-state index in [-0.39, 0.29) is 11.9 Å². The second-order valence-electron chi connectivity index (χ2n) is 6.32. The number of thiazole rings is 1. The number of rotatable bonds is 5. The lowest BCUT2D eigenvalue weighted by molar-refractivity contribution is -0.892. The molecule has 0 saturated carbocycles. The Kier molecular flexibility index (Phi) is 4.78. The third-order valence-corrected chi connectivity index (χ3v) is 4.74. The number of likely N-dealkylation sites (tertiary alicyclic amines) is 1. The first-order chi connectivity index (χ1) is 9.38. The highest BCUT2D eigenvalue weighted by molar-refractivity contribution is 7.15. The molecule has 1 atom stereocenters. The number of anilines is 1. The molecule has 5 nitrogen and oxygen atoms in total. The molecule has 0 spiro atoms.